The van der Waals surface area contributed by atoms with Gasteiger partial charge in [0, 0.05) is 62.5 Å². The van der Waals surface area contributed by atoms with Crippen LogP contribution in [0.2, 0.25) is 0 Å². The van der Waals surface area contributed by atoms with E-state index in [0.717, 1.165) is 81.7 Å². The number of aromatic amines is 2. The molecule has 7 aromatic heterocycles. The highest BCUT2D eigenvalue weighted by Crippen LogP contribution is 2.47. The summed E-state index contributed by atoms with van der Waals surface area (Å²) < 4.78 is 0. The minimum absolute atomic E-state index is 0.952. The van der Waals surface area contributed by atoms with Crippen molar-refractivity contribution in [1.29, 1.82) is 0 Å². The third-order valence-corrected chi connectivity index (χ3v) is 18.2. The summed E-state index contributed by atoms with van der Waals surface area (Å²) in [6.07, 6.45) is 33.6. The fraction of sp³-hybridized carbons (Fsp3) is 0.400. The van der Waals surface area contributed by atoms with Crippen molar-refractivity contribution in [1.82, 2.24) is 19.9 Å². The van der Waals surface area contributed by atoms with E-state index in [9.17, 15) is 0 Å². The Kier molecular flexibility index (Phi) is 17.0. The van der Waals surface area contributed by atoms with E-state index in [0.29, 0.717) is 0 Å². The Morgan fingerprint density at radius 2 is 0.794 bits per heavy atom. The molecule has 0 saturated carbocycles. The van der Waals surface area contributed by atoms with Gasteiger partial charge in [0.2, 0.25) is 0 Å². The first kappa shape index (κ1) is 48.4. The molecule has 0 amide bonds. The van der Waals surface area contributed by atoms with E-state index in [1.807, 2.05) is 45.3 Å². The van der Waals surface area contributed by atoms with Crippen molar-refractivity contribution in [3.8, 4) is 40.4 Å². The van der Waals surface area contributed by atoms with Gasteiger partial charge in [-0.25, -0.2) is 9.97 Å². The zero-order valence-corrected chi connectivity index (χ0v) is 44.2. The topological polar surface area (TPSA) is 57.4 Å². The molecule has 0 fully saturated rings. The number of rotatable bonds is 24. The van der Waals surface area contributed by atoms with Gasteiger partial charge in [0.1, 0.15) is 0 Å². The zero-order chi connectivity index (χ0) is 46.7. The third-order valence-electron chi connectivity index (χ3n) is 13.6. The predicted molar refractivity (Wildman–Crippen MR) is 303 cm³/mol. The molecule has 2 aliphatic heterocycles. The summed E-state index contributed by atoms with van der Waals surface area (Å²) in [5, 5.41) is 4.63. The molecule has 4 nitrogen and oxygen atoms in total. The number of unbranched alkanes of at least 4 members (excludes halogenated alkanes) is 12. The number of fused-ring (bicyclic) bond motifs is 8. The van der Waals surface area contributed by atoms with Crippen LogP contribution in [0.25, 0.3) is 86.8 Å². The quantitative estimate of drug-likeness (QED) is 0.0593. The molecule has 354 valence electrons. The average Bonchev–Trinajstić information content (AvgIpc) is 4.19. The predicted octanol–water partition coefficient (Wildman–Crippen LogP) is 20.1. The smallest absolute Gasteiger partial charge is 0.0745 e. The molecule has 9 heterocycles. The molecule has 0 atom stereocenters. The first-order valence-electron chi connectivity index (χ1n) is 26.0. The molecule has 68 heavy (non-hydrogen) atoms. The van der Waals surface area contributed by atoms with Crippen molar-refractivity contribution in [2.45, 2.75) is 156 Å². The van der Waals surface area contributed by atoms with Gasteiger partial charge in [0.05, 0.1) is 22.8 Å². The number of aryl methyl sites for hydroxylation is 4. The average molecular weight is 976 g/mol. The van der Waals surface area contributed by atoms with E-state index < -0.39 is 0 Å². The van der Waals surface area contributed by atoms with Crippen LogP contribution in [0.3, 0.4) is 0 Å². The van der Waals surface area contributed by atoms with Crippen molar-refractivity contribution < 1.29 is 0 Å². The number of aromatic nitrogens is 4. The van der Waals surface area contributed by atoms with E-state index in [4.69, 9.17) is 9.97 Å². The molecule has 8 bridgehead atoms. The Hall–Kier alpha value is -4.60. The maximum absolute atomic E-state index is 5.39. The summed E-state index contributed by atoms with van der Waals surface area (Å²) in [5.41, 5.74) is 16.5. The van der Waals surface area contributed by atoms with Crippen LogP contribution in [0.4, 0.5) is 0 Å². The molecule has 0 aromatic carbocycles. The molecular formula is C60H70N4S4. The number of nitrogens with one attached hydrogen (secondary N) is 2. The lowest BCUT2D eigenvalue weighted by Gasteiger charge is -2.06. The lowest BCUT2D eigenvalue weighted by Crippen LogP contribution is -1.89. The van der Waals surface area contributed by atoms with Gasteiger partial charge in [-0.1, -0.05) is 105 Å². The molecule has 0 saturated heterocycles. The van der Waals surface area contributed by atoms with Crippen LogP contribution in [-0.2, 0) is 25.7 Å². The molecular weight excluding hydrogens is 905 g/mol. The van der Waals surface area contributed by atoms with Gasteiger partial charge in [-0.05, 0) is 169 Å². The fourth-order valence-electron chi connectivity index (χ4n) is 9.88. The zero-order valence-electron chi connectivity index (χ0n) is 40.9. The molecule has 0 aliphatic carbocycles. The van der Waals surface area contributed by atoms with E-state index in [1.165, 1.54) is 154 Å². The summed E-state index contributed by atoms with van der Waals surface area (Å²) >= 11 is 7.77. The highest BCUT2D eigenvalue weighted by atomic mass is 32.1. The second kappa shape index (κ2) is 23.8. The Labute approximate surface area is 421 Å². The van der Waals surface area contributed by atoms with E-state index >= 15 is 0 Å². The van der Waals surface area contributed by atoms with Crippen LogP contribution in [-0.4, -0.2) is 19.9 Å². The molecule has 0 unspecified atom stereocenters. The third kappa shape index (κ3) is 11.5. The second-order valence-corrected chi connectivity index (χ2v) is 22.9. The standard InChI is InChI=1S/C60H70N4S4/c1-5-9-13-17-21-41-33-35-65-57(41)59-43(23-19-15-11-7-3)37-53(67-59)55-49-29-25-45(61-49)39-47-27-31-51(63-47)56(52-32-28-48(64-52)40-46-26-30-50(55)62-46)54-38-44(24-20-16-12-8-4)60(68-54)58-42(34-36-66-58)22-18-14-10-6-2/h25-40,61,64H,5-24H2,1-4H3. The minimum atomic E-state index is 0.952. The molecule has 0 radical (unpaired) electrons. The Morgan fingerprint density at radius 1 is 0.397 bits per heavy atom. The Morgan fingerprint density at radius 3 is 1.19 bits per heavy atom. The normalized spacial score (nSPS) is 12.3. The minimum Gasteiger partial charge on any atom is -0.355 e. The number of thiophene rings is 4. The lowest BCUT2D eigenvalue weighted by molar-refractivity contribution is 0.666. The highest BCUT2D eigenvalue weighted by molar-refractivity contribution is 7.24. The lowest BCUT2D eigenvalue weighted by atomic mass is 10.0. The fourth-order valence-corrected chi connectivity index (χ4v) is 14.8. The van der Waals surface area contributed by atoms with E-state index in [-0.39, 0.29) is 0 Å². The monoisotopic (exact) mass is 974 g/mol. The maximum atomic E-state index is 5.39. The van der Waals surface area contributed by atoms with Gasteiger partial charge in [0.25, 0.3) is 0 Å². The first-order valence-corrected chi connectivity index (χ1v) is 29.4. The molecule has 9 rings (SSSR count). The van der Waals surface area contributed by atoms with Crippen molar-refractivity contribution in [2.75, 3.05) is 0 Å². The molecule has 2 N–H and O–H groups in total. The van der Waals surface area contributed by atoms with Gasteiger partial charge in [-0.15, -0.1) is 45.3 Å². The summed E-state index contributed by atoms with van der Waals surface area (Å²) in [4.78, 5) is 26.9. The number of nitrogens with zero attached hydrogens (tertiary/aromatic N) is 2. The molecule has 2 aliphatic rings. The number of H-pyrrole nitrogens is 2. The summed E-state index contributed by atoms with van der Waals surface area (Å²) in [6.45, 7) is 9.21. The number of hydrogen-bond acceptors (Lipinski definition) is 6. The van der Waals surface area contributed by atoms with E-state index in [2.05, 4.69) is 133 Å². The molecule has 8 heteroatoms. The van der Waals surface area contributed by atoms with Crippen molar-refractivity contribution in [3.63, 3.8) is 0 Å². The van der Waals surface area contributed by atoms with Crippen LogP contribution in [0.1, 0.15) is 175 Å². The van der Waals surface area contributed by atoms with Crippen molar-refractivity contribution in [3.05, 3.63) is 116 Å². The summed E-state index contributed by atoms with van der Waals surface area (Å²) in [7, 11) is 0. The van der Waals surface area contributed by atoms with Crippen LogP contribution in [0.15, 0.2) is 71.4 Å². The van der Waals surface area contributed by atoms with Gasteiger partial charge in [-0.2, -0.15) is 0 Å². The highest BCUT2D eigenvalue weighted by Gasteiger charge is 2.22. The summed E-state index contributed by atoms with van der Waals surface area (Å²) in [5.74, 6) is 0. The SMILES string of the molecule is CCCCCCc1ccsc1-c1sc(-c2c3nc(cc4ccc([nH]4)c(-c4cc(CCCCCC)c(-c5sccc5CCCCCC)s4)c4nc(cc5ccc2[nH]5)C=C4)C=C3)cc1CCCCCC. The Bertz CT molecular complexity index is 2790. The van der Waals surface area contributed by atoms with Crippen molar-refractivity contribution >= 4 is 91.7 Å². The summed E-state index contributed by atoms with van der Waals surface area (Å²) in [6, 6.07) is 23.1. The molecule has 7 aromatic rings. The molecule has 0 spiro atoms. The van der Waals surface area contributed by atoms with Gasteiger partial charge in [0.15, 0.2) is 0 Å². The van der Waals surface area contributed by atoms with E-state index in [1.54, 1.807) is 0 Å². The van der Waals surface area contributed by atoms with Gasteiger partial charge in [-0.3, -0.25) is 0 Å². The maximum Gasteiger partial charge on any atom is 0.0745 e. The van der Waals surface area contributed by atoms with Crippen LogP contribution >= 0.6 is 45.3 Å². The van der Waals surface area contributed by atoms with Crippen LogP contribution < -0.4 is 0 Å². The number of hydrogen-bond donors (Lipinski definition) is 2. The van der Waals surface area contributed by atoms with Gasteiger partial charge < -0.3 is 9.97 Å². The first-order chi connectivity index (χ1) is 33.5. The van der Waals surface area contributed by atoms with Crippen LogP contribution in [0, 0.1) is 0 Å². The van der Waals surface area contributed by atoms with Crippen LogP contribution in [0.5, 0.6) is 0 Å². The Balaban J connectivity index is 1.16. The largest absolute Gasteiger partial charge is 0.355 e. The van der Waals surface area contributed by atoms with Crippen molar-refractivity contribution in [2.24, 2.45) is 0 Å². The van der Waals surface area contributed by atoms with Gasteiger partial charge >= 0.3 is 0 Å². The second-order valence-electron chi connectivity index (χ2n) is 18.9.